The van der Waals surface area contributed by atoms with Gasteiger partial charge in [-0.05, 0) is 59.7 Å². The fourth-order valence-corrected chi connectivity index (χ4v) is 4.83. The van der Waals surface area contributed by atoms with E-state index >= 15 is 0 Å². The number of ether oxygens (including phenoxy) is 2. The van der Waals surface area contributed by atoms with Gasteiger partial charge in [0, 0.05) is 13.1 Å². The highest BCUT2D eigenvalue weighted by Gasteiger charge is 2.31. The van der Waals surface area contributed by atoms with Crippen molar-refractivity contribution < 1.29 is 19.1 Å². The second-order valence-corrected chi connectivity index (χ2v) is 9.00. The Kier molecular flexibility index (Phi) is 7.29. The Morgan fingerprint density at radius 2 is 1.58 bits per heavy atom. The van der Waals surface area contributed by atoms with E-state index in [2.05, 4.69) is 5.32 Å². The predicted molar refractivity (Wildman–Crippen MR) is 129 cm³/mol. The Morgan fingerprint density at radius 3 is 2.09 bits per heavy atom. The Balaban J connectivity index is 1.53. The van der Waals surface area contributed by atoms with Crippen molar-refractivity contribution in [3.8, 4) is 11.5 Å². The quantitative estimate of drug-likeness (QED) is 0.558. The second-order valence-electron chi connectivity index (χ2n) is 8.06. The van der Waals surface area contributed by atoms with Gasteiger partial charge in [-0.1, -0.05) is 30.3 Å². The van der Waals surface area contributed by atoms with E-state index in [-0.39, 0.29) is 23.8 Å². The largest absolute Gasteiger partial charge is 0.497 e. The normalized spacial score (nSPS) is 15.8. The molecule has 1 saturated heterocycles. The lowest BCUT2D eigenvalue weighted by Crippen LogP contribution is -2.46. The zero-order valence-corrected chi connectivity index (χ0v) is 19.6. The maximum Gasteiger partial charge on any atom is 0.263 e. The Labute approximate surface area is 198 Å². The molecule has 4 rings (SSSR count). The van der Waals surface area contributed by atoms with Gasteiger partial charge >= 0.3 is 0 Å². The molecule has 1 aliphatic rings. The van der Waals surface area contributed by atoms with Crippen LogP contribution in [0.3, 0.4) is 0 Å². The van der Waals surface area contributed by atoms with E-state index in [4.69, 9.17) is 9.47 Å². The van der Waals surface area contributed by atoms with Gasteiger partial charge in [-0.3, -0.25) is 9.59 Å². The third-order valence-corrected chi connectivity index (χ3v) is 6.85. The van der Waals surface area contributed by atoms with E-state index in [9.17, 15) is 9.59 Å². The van der Waals surface area contributed by atoms with Crippen LogP contribution in [0, 0.1) is 5.92 Å². The molecule has 1 aliphatic heterocycles. The number of benzene rings is 2. The van der Waals surface area contributed by atoms with Crippen LogP contribution in [-0.4, -0.2) is 44.0 Å². The van der Waals surface area contributed by atoms with Crippen molar-refractivity contribution in [2.45, 2.75) is 18.9 Å². The van der Waals surface area contributed by atoms with Crippen molar-refractivity contribution in [3.05, 3.63) is 82.0 Å². The Morgan fingerprint density at radius 1 is 0.970 bits per heavy atom. The van der Waals surface area contributed by atoms with Gasteiger partial charge in [0.25, 0.3) is 5.91 Å². The van der Waals surface area contributed by atoms with Crippen molar-refractivity contribution in [1.29, 1.82) is 0 Å². The molecule has 7 heteroatoms. The van der Waals surface area contributed by atoms with E-state index in [0.29, 0.717) is 18.0 Å². The molecule has 0 aliphatic carbocycles. The Hall–Kier alpha value is -3.32. The molecule has 0 bridgehead atoms. The molecule has 3 aromatic rings. The van der Waals surface area contributed by atoms with Crippen LogP contribution in [0.25, 0.3) is 0 Å². The fraction of sp³-hybridized carbons (Fsp3) is 0.308. The first-order valence-electron chi connectivity index (χ1n) is 11.0. The number of nitrogens with one attached hydrogen (secondary N) is 1. The van der Waals surface area contributed by atoms with E-state index in [1.807, 2.05) is 66.0 Å². The summed E-state index contributed by atoms with van der Waals surface area (Å²) >= 11 is 1.43. The molecule has 1 N–H and O–H groups in total. The predicted octanol–water partition coefficient (Wildman–Crippen LogP) is 4.52. The summed E-state index contributed by atoms with van der Waals surface area (Å²) in [5.74, 6) is 1.23. The van der Waals surface area contributed by atoms with E-state index in [1.54, 1.807) is 19.1 Å². The molecule has 2 amide bonds. The number of thiophene rings is 1. The van der Waals surface area contributed by atoms with Crippen LogP contribution in [0.15, 0.2) is 66.0 Å². The second kappa shape index (κ2) is 10.5. The summed E-state index contributed by atoms with van der Waals surface area (Å²) in [6, 6.07) is 18.8. The molecule has 1 unspecified atom stereocenters. The number of nitrogens with zero attached hydrogens (tertiary/aromatic N) is 1. The van der Waals surface area contributed by atoms with E-state index in [1.165, 1.54) is 11.3 Å². The summed E-state index contributed by atoms with van der Waals surface area (Å²) in [6.45, 7) is 1.11. The first-order valence-corrected chi connectivity index (χ1v) is 11.9. The number of hydrogen-bond acceptors (Lipinski definition) is 5. The molecule has 1 aromatic heterocycles. The first kappa shape index (κ1) is 22.9. The zero-order valence-electron chi connectivity index (χ0n) is 18.8. The minimum Gasteiger partial charge on any atom is -0.497 e. The SMILES string of the molecule is COc1ccc(C(NC(=O)C2CCCN(C(=O)c3cccs3)C2)c2ccc(OC)cc2)cc1. The minimum atomic E-state index is -0.322. The maximum absolute atomic E-state index is 13.4. The standard InChI is InChI=1S/C26H28N2O4S/c1-31-21-11-7-18(8-12-21)24(19-9-13-22(32-2)14-10-19)27-25(29)20-5-3-15-28(17-20)26(30)23-6-4-16-33-23/h4,6-14,16,20,24H,3,5,15,17H2,1-2H3,(H,27,29). The highest BCUT2D eigenvalue weighted by molar-refractivity contribution is 7.12. The van der Waals surface area contributed by atoms with Gasteiger partial charge in [-0.2, -0.15) is 0 Å². The molecule has 0 saturated carbocycles. The summed E-state index contributed by atoms with van der Waals surface area (Å²) in [4.78, 5) is 28.7. The van der Waals surface area contributed by atoms with Crippen LogP contribution < -0.4 is 14.8 Å². The number of likely N-dealkylation sites (tertiary alicyclic amines) is 1. The lowest BCUT2D eigenvalue weighted by atomic mass is 9.94. The van der Waals surface area contributed by atoms with Crippen LogP contribution in [-0.2, 0) is 4.79 Å². The van der Waals surface area contributed by atoms with E-state index in [0.717, 1.165) is 35.5 Å². The molecule has 0 spiro atoms. The van der Waals surface area contributed by atoms with Gasteiger partial charge in [0.2, 0.25) is 5.91 Å². The molecule has 0 radical (unpaired) electrons. The average Bonchev–Trinajstić information content (AvgIpc) is 3.42. The number of piperidine rings is 1. The van der Waals surface area contributed by atoms with Gasteiger partial charge in [-0.25, -0.2) is 0 Å². The summed E-state index contributed by atoms with van der Waals surface area (Å²) in [7, 11) is 3.26. The molecule has 172 valence electrons. The molecule has 33 heavy (non-hydrogen) atoms. The molecular weight excluding hydrogens is 436 g/mol. The van der Waals surface area contributed by atoms with Crippen LogP contribution in [0.1, 0.15) is 39.7 Å². The minimum absolute atomic E-state index is 0.00404. The van der Waals surface area contributed by atoms with Gasteiger partial charge in [-0.15, -0.1) is 11.3 Å². The van der Waals surface area contributed by atoms with Crippen molar-refractivity contribution in [2.24, 2.45) is 5.92 Å². The van der Waals surface area contributed by atoms with Crippen molar-refractivity contribution >= 4 is 23.2 Å². The van der Waals surface area contributed by atoms with Crippen LogP contribution in [0.2, 0.25) is 0 Å². The molecule has 2 heterocycles. The summed E-state index contributed by atoms with van der Waals surface area (Å²) in [5, 5.41) is 5.13. The highest BCUT2D eigenvalue weighted by Crippen LogP contribution is 2.28. The van der Waals surface area contributed by atoms with Gasteiger partial charge < -0.3 is 19.7 Å². The Bertz CT molecular complexity index is 1020. The first-order chi connectivity index (χ1) is 16.1. The number of methoxy groups -OCH3 is 2. The van der Waals surface area contributed by atoms with E-state index < -0.39 is 0 Å². The van der Waals surface area contributed by atoms with Crippen LogP contribution in [0.5, 0.6) is 11.5 Å². The van der Waals surface area contributed by atoms with Crippen LogP contribution in [0.4, 0.5) is 0 Å². The number of hydrogen-bond donors (Lipinski definition) is 1. The molecule has 6 nitrogen and oxygen atoms in total. The van der Waals surface area contributed by atoms with Gasteiger partial charge in [0.1, 0.15) is 11.5 Å². The molecular formula is C26H28N2O4S. The number of rotatable bonds is 7. The third kappa shape index (κ3) is 5.37. The topological polar surface area (TPSA) is 67.9 Å². The lowest BCUT2D eigenvalue weighted by molar-refractivity contribution is -0.126. The smallest absolute Gasteiger partial charge is 0.263 e. The fourth-order valence-electron chi connectivity index (χ4n) is 4.14. The molecule has 1 atom stereocenters. The maximum atomic E-state index is 13.4. The summed E-state index contributed by atoms with van der Waals surface area (Å²) in [5.41, 5.74) is 1.91. The number of carbonyl (C=O) groups is 2. The monoisotopic (exact) mass is 464 g/mol. The van der Waals surface area contributed by atoms with Crippen molar-refractivity contribution in [2.75, 3.05) is 27.3 Å². The van der Waals surface area contributed by atoms with Gasteiger partial charge in [0.05, 0.1) is 31.1 Å². The average molecular weight is 465 g/mol. The zero-order chi connectivity index (χ0) is 23.2. The molecule has 1 fully saturated rings. The molecule has 2 aromatic carbocycles. The number of carbonyl (C=O) groups excluding carboxylic acids is 2. The van der Waals surface area contributed by atoms with Crippen molar-refractivity contribution in [1.82, 2.24) is 10.2 Å². The summed E-state index contributed by atoms with van der Waals surface area (Å²) in [6.07, 6.45) is 1.57. The summed E-state index contributed by atoms with van der Waals surface area (Å²) < 4.78 is 10.6. The van der Waals surface area contributed by atoms with Crippen LogP contribution >= 0.6 is 11.3 Å². The van der Waals surface area contributed by atoms with Crippen molar-refractivity contribution in [3.63, 3.8) is 0 Å². The third-order valence-electron chi connectivity index (χ3n) is 6.00. The number of amides is 2. The van der Waals surface area contributed by atoms with Gasteiger partial charge in [0.15, 0.2) is 0 Å². The highest BCUT2D eigenvalue weighted by atomic mass is 32.1. The lowest BCUT2D eigenvalue weighted by Gasteiger charge is -2.33.